The molecule has 3 aromatic carbocycles. The van der Waals surface area contributed by atoms with Crippen LogP contribution in [-0.4, -0.2) is 49.9 Å². The van der Waals surface area contributed by atoms with Crippen molar-refractivity contribution in [2.24, 2.45) is 0 Å². The summed E-state index contributed by atoms with van der Waals surface area (Å²) in [4.78, 5) is 29.7. The third kappa shape index (κ3) is 5.22. The van der Waals surface area contributed by atoms with Gasteiger partial charge in [0.05, 0.1) is 11.1 Å². The van der Waals surface area contributed by atoms with E-state index in [4.69, 9.17) is 0 Å². The molecule has 0 spiro atoms. The lowest BCUT2D eigenvalue weighted by molar-refractivity contribution is -0.137. The number of carbonyl (C=O) groups is 2. The number of nitrogens with zero attached hydrogens (tertiary/aromatic N) is 2. The number of anilines is 2. The molecular formula is C28H25F3N4O2. The minimum atomic E-state index is -4.43. The molecule has 3 aromatic rings. The van der Waals surface area contributed by atoms with Crippen LogP contribution >= 0.6 is 0 Å². The Kier molecular flexibility index (Phi) is 6.47. The number of nitrogens with one attached hydrogen (secondary N) is 2. The maximum absolute atomic E-state index is 12.9. The Morgan fingerprint density at radius 1 is 0.811 bits per heavy atom. The molecule has 2 heterocycles. The Morgan fingerprint density at radius 3 is 2.11 bits per heavy atom. The maximum Gasteiger partial charge on any atom is 0.416 e. The summed E-state index contributed by atoms with van der Waals surface area (Å²) in [7, 11) is 2.11. The molecule has 2 amide bonds. The van der Waals surface area contributed by atoms with Crippen molar-refractivity contribution in [3.8, 4) is 11.1 Å². The number of fused-ring (bicyclic) bond motifs is 1. The van der Waals surface area contributed by atoms with E-state index in [1.165, 1.54) is 12.1 Å². The number of imide groups is 1. The van der Waals surface area contributed by atoms with Crippen LogP contribution in [0.2, 0.25) is 0 Å². The lowest BCUT2D eigenvalue weighted by atomic mass is 9.91. The Bertz CT molecular complexity index is 1360. The van der Waals surface area contributed by atoms with E-state index in [-0.39, 0.29) is 5.57 Å². The van der Waals surface area contributed by atoms with Gasteiger partial charge < -0.3 is 15.1 Å². The SMILES string of the molecule is CN1CCN(c2ccc(NC=C3C(=O)NC(=O)c4ccc(-c5ccc(C(F)(F)F)cc5)cc43)cc2)CC1. The van der Waals surface area contributed by atoms with Gasteiger partial charge in [-0.15, -0.1) is 0 Å². The number of piperazine rings is 1. The van der Waals surface area contributed by atoms with Crippen molar-refractivity contribution in [2.45, 2.75) is 6.18 Å². The van der Waals surface area contributed by atoms with Crippen LogP contribution in [0.25, 0.3) is 16.7 Å². The molecule has 0 radical (unpaired) electrons. The van der Waals surface area contributed by atoms with Crippen LogP contribution in [0, 0.1) is 0 Å². The van der Waals surface area contributed by atoms with Crippen molar-refractivity contribution >= 4 is 28.8 Å². The molecular weight excluding hydrogens is 481 g/mol. The normalized spacial score (nSPS) is 17.5. The topological polar surface area (TPSA) is 64.7 Å². The zero-order valence-electron chi connectivity index (χ0n) is 20.1. The van der Waals surface area contributed by atoms with Gasteiger partial charge in [0.25, 0.3) is 11.8 Å². The average Bonchev–Trinajstić information content (AvgIpc) is 2.89. The molecule has 0 aromatic heterocycles. The van der Waals surface area contributed by atoms with E-state index < -0.39 is 23.6 Å². The first-order valence-electron chi connectivity index (χ1n) is 11.9. The van der Waals surface area contributed by atoms with E-state index in [0.717, 1.165) is 49.7 Å². The van der Waals surface area contributed by atoms with Crippen molar-refractivity contribution in [2.75, 3.05) is 43.4 Å². The van der Waals surface area contributed by atoms with Crippen LogP contribution in [0.1, 0.15) is 21.5 Å². The van der Waals surface area contributed by atoms with E-state index in [0.29, 0.717) is 22.3 Å². The number of benzene rings is 3. The number of alkyl halides is 3. The van der Waals surface area contributed by atoms with E-state index in [9.17, 15) is 22.8 Å². The molecule has 9 heteroatoms. The monoisotopic (exact) mass is 506 g/mol. The van der Waals surface area contributed by atoms with E-state index in [1.54, 1.807) is 24.4 Å². The predicted octanol–water partition coefficient (Wildman–Crippen LogP) is 4.85. The first-order chi connectivity index (χ1) is 17.7. The number of hydrogen-bond acceptors (Lipinski definition) is 5. The minimum absolute atomic E-state index is 0.256. The van der Waals surface area contributed by atoms with Gasteiger partial charge in [-0.3, -0.25) is 14.9 Å². The highest BCUT2D eigenvalue weighted by atomic mass is 19.4. The van der Waals surface area contributed by atoms with E-state index in [1.807, 2.05) is 24.3 Å². The second-order valence-corrected chi connectivity index (χ2v) is 9.16. The van der Waals surface area contributed by atoms with Gasteiger partial charge in [0.15, 0.2) is 0 Å². The first kappa shape index (κ1) is 24.6. The predicted molar refractivity (Wildman–Crippen MR) is 137 cm³/mol. The van der Waals surface area contributed by atoms with Crippen molar-refractivity contribution < 1.29 is 22.8 Å². The summed E-state index contributed by atoms with van der Waals surface area (Å²) in [6.45, 7) is 3.93. The van der Waals surface area contributed by atoms with Gasteiger partial charge in [0, 0.05) is 54.9 Å². The highest BCUT2D eigenvalue weighted by Crippen LogP contribution is 2.33. The molecule has 37 heavy (non-hydrogen) atoms. The molecule has 2 aliphatic heterocycles. The van der Waals surface area contributed by atoms with Crippen LogP contribution in [0.15, 0.2) is 72.9 Å². The van der Waals surface area contributed by atoms with Gasteiger partial charge in [-0.25, -0.2) is 0 Å². The number of likely N-dealkylation sites (N-methyl/N-ethyl adjacent to an activating group) is 1. The van der Waals surface area contributed by atoms with Crippen molar-refractivity contribution in [3.63, 3.8) is 0 Å². The Hall–Kier alpha value is -4.11. The number of hydrogen-bond donors (Lipinski definition) is 2. The fourth-order valence-electron chi connectivity index (χ4n) is 4.49. The molecule has 1 saturated heterocycles. The highest BCUT2D eigenvalue weighted by molar-refractivity contribution is 6.31. The van der Waals surface area contributed by atoms with Gasteiger partial charge in [0.2, 0.25) is 0 Å². The molecule has 0 bridgehead atoms. The fraction of sp³-hybridized carbons (Fsp3) is 0.214. The molecule has 5 rings (SSSR count). The summed E-state index contributed by atoms with van der Waals surface area (Å²) >= 11 is 0. The summed E-state index contributed by atoms with van der Waals surface area (Å²) in [5.74, 6) is -1.07. The summed E-state index contributed by atoms with van der Waals surface area (Å²) in [6.07, 6.45) is -2.88. The number of rotatable bonds is 4. The van der Waals surface area contributed by atoms with E-state index >= 15 is 0 Å². The number of amides is 2. The third-order valence-corrected chi connectivity index (χ3v) is 6.69. The van der Waals surface area contributed by atoms with Crippen LogP contribution < -0.4 is 15.5 Å². The molecule has 1 fully saturated rings. The molecule has 0 saturated carbocycles. The van der Waals surface area contributed by atoms with Crippen LogP contribution in [0.5, 0.6) is 0 Å². The van der Waals surface area contributed by atoms with E-state index in [2.05, 4.69) is 27.5 Å². The smallest absolute Gasteiger partial charge is 0.369 e. The van der Waals surface area contributed by atoms with Crippen LogP contribution in [0.4, 0.5) is 24.5 Å². The summed E-state index contributed by atoms with van der Waals surface area (Å²) in [5, 5.41) is 5.47. The summed E-state index contributed by atoms with van der Waals surface area (Å²) in [6, 6.07) is 17.5. The van der Waals surface area contributed by atoms with Crippen molar-refractivity contribution in [1.82, 2.24) is 10.2 Å². The Balaban J connectivity index is 1.40. The van der Waals surface area contributed by atoms with Gasteiger partial charge >= 0.3 is 6.18 Å². The zero-order chi connectivity index (χ0) is 26.2. The van der Waals surface area contributed by atoms with Gasteiger partial charge in [-0.05, 0) is 66.7 Å². The Labute approximate surface area is 212 Å². The van der Waals surface area contributed by atoms with Gasteiger partial charge in [-0.1, -0.05) is 18.2 Å². The molecule has 0 atom stereocenters. The first-order valence-corrected chi connectivity index (χ1v) is 11.9. The standard InChI is InChI=1S/C28H25F3N4O2/c1-34-12-14-35(15-13-34)22-9-7-21(8-10-22)32-17-25-24-16-19(4-11-23(24)26(36)33-27(25)37)18-2-5-20(6-3-18)28(29,30)31/h2-11,16-17,32H,12-15H2,1H3,(H,33,36,37). The molecule has 0 unspecified atom stereocenters. The van der Waals surface area contributed by atoms with Crippen molar-refractivity contribution in [1.29, 1.82) is 0 Å². The average molecular weight is 507 g/mol. The molecule has 2 N–H and O–H groups in total. The lowest BCUT2D eigenvalue weighted by Gasteiger charge is -2.34. The maximum atomic E-state index is 12.9. The second-order valence-electron chi connectivity index (χ2n) is 9.16. The number of carbonyl (C=O) groups excluding carboxylic acids is 2. The zero-order valence-corrected chi connectivity index (χ0v) is 20.1. The summed E-state index contributed by atoms with van der Waals surface area (Å²) < 4.78 is 38.8. The lowest BCUT2D eigenvalue weighted by Crippen LogP contribution is -2.44. The van der Waals surface area contributed by atoms with Crippen LogP contribution in [0.3, 0.4) is 0 Å². The minimum Gasteiger partial charge on any atom is -0.369 e. The summed E-state index contributed by atoms with van der Waals surface area (Å²) in [5.41, 5.74) is 3.27. The van der Waals surface area contributed by atoms with Gasteiger partial charge in [-0.2, -0.15) is 13.2 Å². The van der Waals surface area contributed by atoms with Crippen LogP contribution in [-0.2, 0) is 11.0 Å². The molecule has 190 valence electrons. The highest BCUT2D eigenvalue weighted by Gasteiger charge is 2.30. The fourth-order valence-corrected chi connectivity index (χ4v) is 4.49. The second kappa shape index (κ2) is 9.74. The molecule has 6 nitrogen and oxygen atoms in total. The Morgan fingerprint density at radius 2 is 1.46 bits per heavy atom. The molecule has 0 aliphatic carbocycles. The van der Waals surface area contributed by atoms with Crippen molar-refractivity contribution in [3.05, 3.63) is 89.6 Å². The molecule has 2 aliphatic rings. The quantitative estimate of drug-likeness (QED) is 0.392. The third-order valence-electron chi connectivity index (χ3n) is 6.69. The number of halogens is 3. The largest absolute Gasteiger partial charge is 0.416 e. The van der Waals surface area contributed by atoms with Gasteiger partial charge in [0.1, 0.15) is 0 Å².